The van der Waals surface area contributed by atoms with Crippen LogP contribution in [-0.4, -0.2) is 34.2 Å². The van der Waals surface area contributed by atoms with Crippen molar-refractivity contribution in [2.75, 3.05) is 13.2 Å². The number of alkyl halides is 1. The second kappa shape index (κ2) is 6.14. The van der Waals surface area contributed by atoms with Crippen LogP contribution in [0.3, 0.4) is 0 Å². The minimum Gasteiger partial charge on any atom is -0.395 e. The van der Waals surface area contributed by atoms with Crippen molar-refractivity contribution in [3.63, 3.8) is 0 Å². The molecule has 0 spiro atoms. The molecular formula is C12H19ClN2OS. The molecule has 1 unspecified atom stereocenters. The van der Waals surface area contributed by atoms with Crippen molar-refractivity contribution in [2.45, 2.75) is 44.1 Å². The Labute approximate surface area is 111 Å². The predicted octanol–water partition coefficient (Wildman–Crippen LogP) is 2.79. The molecule has 0 saturated heterocycles. The molecule has 0 aromatic carbocycles. The average molecular weight is 275 g/mol. The molecule has 1 aromatic heterocycles. The minimum atomic E-state index is 0.223. The lowest BCUT2D eigenvalue weighted by molar-refractivity contribution is 0.138. The normalized spacial score (nSPS) is 17.6. The Kier molecular flexibility index (Phi) is 4.79. The van der Waals surface area contributed by atoms with Gasteiger partial charge in [0, 0.05) is 18.0 Å². The van der Waals surface area contributed by atoms with Crippen LogP contribution in [0.2, 0.25) is 0 Å². The molecule has 96 valence electrons. The van der Waals surface area contributed by atoms with Crippen LogP contribution in [0.4, 0.5) is 0 Å². The molecule has 1 heterocycles. The maximum Gasteiger partial charge on any atom is 0.110 e. The van der Waals surface area contributed by atoms with Crippen LogP contribution < -0.4 is 0 Å². The molecule has 5 heteroatoms. The zero-order valence-corrected chi connectivity index (χ0v) is 11.7. The van der Waals surface area contributed by atoms with Gasteiger partial charge in [-0.15, -0.1) is 22.9 Å². The molecule has 2 rings (SSSR count). The van der Waals surface area contributed by atoms with Gasteiger partial charge in [-0.1, -0.05) is 6.92 Å². The SMILES string of the molecule is CCC(c1nc(CCl)cs1)N(CCO)C1CC1. The fourth-order valence-corrected chi connectivity index (χ4v) is 3.45. The Morgan fingerprint density at radius 3 is 2.88 bits per heavy atom. The molecule has 0 aliphatic heterocycles. The first-order chi connectivity index (χ1) is 8.30. The quantitative estimate of drug-likeness (QED) is 0.777. The summed E-state index contributed by atoms with van der Waals surface area (Å²) in [6.45, 7) is 3.15. The van der Waals surface area contributed by atoms with E-state index < -0.39 is 0 Å². The van der Waals surface area contributed by atoms with Gasteiger partial charge in [0.05, 0.1) is 24.2 Å². The number of aromatic nitrogens is 1. The Morgan fingerprint density at radius 1 is 1.65 bits per heavy atom. The van der Waals surface area contributed by atoms with Gasteiger partial charge >= 0.3 is 0 Å². The molecule has 1 atom stereocenters. The number of halogens is 1. The highest BCUT2D eigenvalue weighted by Gasteiger charge is 2.34. The van der Waals surface area contributed by atoms with Gasteiger partial charge in [-0.05, 0) is 19.3 Å². The Balaban J connectivity index is 2.12. The fraction of sp³-hybridized carbons (Fsp3) is 0.750. The first kappa shape index (κ1) is 13.3. The van der Waals surface area contributed by atoms with Crippen LogP contribution in [-0.2, 0) is 5.88 Å². The molecule has 17 heavy (non-hydrogen) atoms. The van der Waals surface area contributed by atoms with Crippen molar-refractivity contribution in [3.8, 4) is 0 Å². The lowest BCUT2D eigenvalue weighted by Crippen LogP contribution is -2.33. The molecule has 1 saturated carbocycles. The highest BCUT2D eigenvalue weighted by molar-refractivity contribution is 7.09. The number of aliphatic hydroxyl groups is 1. The van der Waals surface area contributed by atoms with Gasteiger partial charge in [-0.25, -0.2) is 4.98 Å². The van der Waals surface area contributed by atoms with Gasteiger partial charge in [0.2, 0.25) is 0 Å². The summed E-state index contributed by atoms with van der Waals surface area (Å²) in [7, 11) is 0. The van der Waals surface area contributed by atoms with Gasteiger partial charge < -0.3 is 5.11 Å². The molecular weight excluding hydrogens is 256 g/mol. The van der Waals surface area contributed by atoms with Crippen molar-refractivity contribution in [1.29, 1.82) is 0 Å². The summed E-state index contributed by atoms with van der Waals surface area (Å²) in [5.74, 6) is 0.483. The summed E-state index contributed by atoms with van der Waals surface area (Å²) in [5.41, 5.74) is 0.963. The number of thiazole rings is 1. The highest BCUT2D eigenvalue weighted by Crippen LogP contribution is 2.36. The van der Waals surface area contributed by atoms with Crippen molar-refractivity contribution < 1.29 is 5.11 Å². The summed E-state index contributed by atoms with van der Waals surface area (Å²) in [6.07, 6.45) is 3.54. The number of hydrogen-bond donors (Lipinski definition) is 1. The third kappa shape index (κ3) is 3.19. The molecule has 0 radical (unpaired) electrons. The molecule has 3 nitrogen and oxygen atoms in total. The summed E-state index contributed by atoms with van der Waals surface area (Å²) < 4.78 is 0. The third-order valence-electron chi connectivity index (χ3n) is 3.15. The van der Waals surface area contributed by atoms with E-state index in [1.165, 1.54) is 12.8 Å². The Hall–Kier alpha value is -0.160. The lowest BCUT2D eigenvalue weighted by Gasteiger charge is -2.29. The van der Waals surface area contributed by atoms with E-state index in [-0.39, 0.29) is 6.61 Å². The predicted molar refractivity (Wildman–Crippen MR) is 71.5 cm³/mol. The number of nitrogens with zero attached hydrogens (tertiary/aromatic N) is 2. The standard InChI is InChI=1S/C12H19ClN2OS/c1-2-11(12-14-9(7-13)8-17-12)15(5-6-16)10-3-4-10/h8,10-11,16H,2-7H2,1H3. The second-order valence-electron chi connectivity index (χ2n) is 4.43. The van der Waals surface area contributed by atoms with E-state index in [4.69, 9.17) is 11.6 Å². The molecule has 1 aliphatic carbocycles. The first-order valence-electron chi connectivity index (χ1n) is 6.17. The van der Waals surface area contributed by atoms with Gasteiger partial charge in [0.1, 0.15) is 5.01 Å². The van der Waals surface area contributed by atoms with Crippen LogP contribution in [0.1, 0.15) is 42.9 Å². The maximum absolute atomic E-state index is 9.18. The summed E-state index contributed by atoms with van der Waals surface area (Å²) in [5, 5.41) is 12.4. The van der Waals surface area contributed by atoms with Crippen LogP contribution in [0.5, 0.6) is 0 Å². The molecule has 1 aliphatic rings. The van der Waals surface area contributed by atoms with Crippen molar-refractivity contribution >= 4 is 22.9 Å². The van der Waals surface area contributed by atoms with E-state index in [1.54, 1.807) is 11.3 Å². The van der Waals surface area contributed by atoms with Gasteiger partial charge in [-0.2, -0.15) is 0 Å². The van der Waals surface area contributed by atoms with Crippen LogP contribution in [0.25, 0.3) is 0 Å². The molecule has 1 N–H and O–H groups in total. The molecule has 1 aromatic rings. The second-order valence-corrected chi connectivity index (χ2v) is 5.58. The van der Waals surface area contributed by atoms with Crippen molar-refractivity contribution in [1.82, 2.24) is 9.88 Å². The van der Waals surface area contributed by atoms with E-state index in [0.29, 0.717) is 18.0 Å². The molecule has 0 amide bonds. The monoisotopic (exact) mass is 274 g/mol. The van der Waals surface area contributed by atoms with E-state index in [2.05, 4.69) is 16.8 Å². The van der Waals surface area contributed by atoms with E-state index >= 15 is 0 Å². The topological polar surface area (TPSA) is 36.4 Å². The molecule has 1 fully saturated rings. The summed E-state index contributed by atoms with van der Waals surface area (Å²) >= 11 is 7.48. The van der Waals surface area contributed by atoms with Crippen molar-refractivity contribution in [2.24, 2.45) is 0 Å². The smallest absolute Gasteiger partial charge is 0.110 e. The zero-order chi connectivity index (χ0) is 12.3. The average Bonchev–Trinajstić information content (AvgIpc) is 3.08. The van der Waals surface area contributed by atoms with E-state index in [1.807, 2.05) is 5.38 Å². The van der Waals surface area contributed by atoms with Crippen molar-refractivity contribution in [3.05, 3.63) is 16.1 Å². The number of aliphatic hydroxyl groups excluding tert-OH is 1. The van der Waals surface area contributed by atoms with Crippen LogP contribution in [0.15, 0.2) is 5.38 Å². The first-order valence-corrected chi connectivity index (χ1v) is 7.58. The zero-order valence-electron chi connectivity index (χ0n) is 10.1. The fourth-order valence-electron chi connectivity index (χ4n) is 2.20. The van der Waals surface area contributed by atoms with Gasteiger partial charge in [0.15, 0.2) is 0 Å². The summed E-state index contributed by atoms with van der Waals surface area (Å²) in [4.78, 5) is 6.98. The Morgan fingerprint density at radius 2 is 2.41 bits per heavy atom. The van der Waals surface area contributed by atoms with E-state index in [9.17, 15) is 5.11 Å². The number of hydrogen-bond acceptors (Lipinski definition) is 4. The van der Waals surface area contributed by atoms with Gasteiger partial charge in [0.25, 0.3) is 0 Å². The van der Waals surface area contributed by atoms with E-state index in [0.717, 1.165) is 23.7 Å². The lowest BCUT2D eigenvalue weighted by atomic mass is 10.2. The van der Waals surface area contributed by atoms with Crippen LogP contribution >= 0.6 is 22.9 Å². The molecule has 0 bridgehead atoms. The largest absolute Gasteiger partial charge is 0.395 e. The Bertz CT molecular complexity index is 354. The minimum absolute atomic E-state index is 0.223. The van der Waals surface area contributed by atoms with Crippen LogP contribution in [0, 0.1) is 0 Å². The third-order valence-corrected chi connectivity index (χ3v) is 4.42. The van der Waals surface area contributed by atoms with Gasteiger partial charge in [-0.3, -0.25) is 4.90 Å². The maximum atomic E-state index is 9.18. The number of rotatable bonds is 7. The summed E-state index contributed by atoms with van der Waals surface area (Å²) in [6, 6.07) is 0.993. The highest BCUT2D eigenvalue weighted by atomic mass is 35.5.